The maximum atomic E-state index is 13.6. The van der Waals surface area contributed by atoms with Crippen molar-refractivity contribution in [2.45, 2.75) is 12.1 Å². The summed E-state index contributed by atoms with van der Waals surface area (Å²) in [6.07, 6.45) is -0.221. The summed E-state index contributed by atoms with van der Waals surface area (Å²) < 4.78 is 25.1. The molecule has 2 unspecified atom stereocenters. The summed E-state index contributed by atoms with van der Waals surface area (Å²) in [6.45, 7) is 3.25. The smallest absolute Gasteiger partial charge is 0.234 e. The first kappa shape index (κ1) is 21.4. The highest BCUT2D eigenvalue weighted by molar-refractivity contribution is 5.85. The molecular formula is C21H25ClFN3O3. The Morgan fingerprint density at radius 2 is 2.03 bits per heavy atom. The molecule has 2 heterocycles. The van der Waals surface area contributed by atoms with Gasteiger partial charge in [-0.15, -0.1) is 12.4 Å². The van der Waals surface area contributed by atoms with Gasteiger partial charge in [0.25, 0.3) is 0 Å². The number of hydrogen-bond acceptors (Lipinski definition) is 5. The Morgan fingerprint density at radius 1 is 1.21 bits per heavy atom. The summed E-state index contributed by atoms with van der Waals surface area (Å²) in [5, 5.41) is 6.25. The van der Waals surface area contributed by atoms with Gasteiger partial charge in [0.05, 0.1) is 13.1 Å². The number of rotatable bonds is 5. The summed E-state index contributed by atoms with van der Waals surface area (Å²) in [4.78, 5) is 14.6. The Bertz CT molecular complexity index is 838. The van der Waals surface area contributed by atoms with Gasteiger partial charge >= 0.3 is 0 Å². The fraction of sp³-hybridized carbons (Fsp3) is 0.381. The Balaban J connectivity index is 0.00000240. The van der Waals surface area contributed by atoms with Crippen LogP contribution in [0.4, 0.5) is 4.39 Å². The Kier molecular flexibility index (Phi) is 7.30. The average Bonchev–Trinajstić information content (AvgIpc) is 2.72. The second-order valence-corrected chi connectivity index (χ2v) is 7.05. The molecule has 0 aromatic heterocycles. The first-order chi connectivity index (χ1) is 13.7. The van der Waals surface area contributed by atoms with Crippen LogP contribution in [0.5, 0.6) is 11.5 Å². The molecule has 2 N–H and O–H groups in total. The zero-order chi connectivity index (χ0) is 19.3. The number of piperazine rings is 1. The lowest BCUT2D eigenvalue weighted by Crippen LogP contribution is -2.50. The van der Waals surface area contributed by atoms with E-state index in [9.17, 15) is 9.18 Å². The SMILES string of the molecule is Cl.O=C(CN1CCNCC1c1cccc(F)c1)NCC1COc2ccccc2O1. The minimum absolute atomic E-state index is 0. The maximum absolute atomic E-state index is 13.6. The molecule has 4 rings (SSSR count). The molecule has 1 saturated heterocycles. The Labute approximate surface area is 175 Å². The molecule has 1 fully saturated rings. The van der Waals surface area contributed by atoms with Gasteiger partial charge in [-0.3, -0.25) is 9.69 Å². The second kappa shape index (κ2) is 9.91. The van der Waals surface area contributed by atoms with E-state index in [4.69, 9.17) is 9.47 Å². The van der Waals surface area contributed by atoms with E-state index in [0.29, 0.717) is 25.4 Å². The number of nitrogens with zero attached hydrogens (tertiary/aromatic N) is 1. The van der Waals surface area contributed by atoms with E-state index in [0.717, 1.165) is 24.4 Å². The van der Waals surface area contributed by atoms with Crippen LogP contribution in [0, 0.1) is 5.82 Å². The number of nitrogens with one attached hydrogen (secondary N) is 2. The number of para-hydroxylation sites is 2. The largest absolute Gasteiger partial charge is 0.486 e. The summed E-state index contributed by atoms with van der Waals surface area (Å²) >= 11 is 0. The van der Waals surface area contributed by atoms with E-state index < -0.39 is 0 Å². The van der Waals surface area contributed by atoms with Crippen LogP contribution in [0.3, 0.4) is 0 Å². The third kappa shape index (κ3) is 5.38. The van der Waals surface area contributed by atoms with E-state index in [-0.39, 0.29) is 42.8 Å². The van der Waals surface area contributed by atoms with Crippen molar-refractivity contribution in [3.05, 3.63) is 59.9 Å². The molecule has 0 spiro atoms. The number of carbonyl (C=O) groups excluding carboxylic acids is 1. The highest BCUT2D eigenvalue weighted by Crippen LogP contribution is 2.30. The van der Waals surface area contributed by atoms with E-state index in [1.807, 2.05) is 30.3 Å². The molecular weight excluding hydrogens is 397 g/mol. The molecule has 156 valence electrons. The van der Waals surface area contributed by atoms with E-state index in [1.165, 1.54) is 12.1 Å². The van der Waals surface area contributed by atoms with Crippen LogP contribution in [-0.2, 0) is 4.79 Å². The normalized spacial score (nSPS) is 21.1. The van der Waals surface area contributed by atoms with Crippen LogP contribution < -0.4 is 20.1 Å². The van der Waals surface area contributed by atoms with Crippen LogP contribution in [0.25, 0.3) is 0 Å². The van der Waals surface area contributed by atoms with E-state index in [1.54, 1.807) is 6.07 Å². The van der Waals surface area contributed by atoms with Crippen molar-refractivity contribution in [1.82, 2.24) is 15.5 Å². The predicted molar refractivity (Wildman–Crippen MR) is 110 cm³/mol. The van der Waals surface area contributed by atoms with Crippen molar-refractivity contribution in [1.29, 1.82) is 0 Å². The number of fused-ring (bicyclic) bond motifs is 1. The molecule has 2 aliphatic rings. The first-order valence-electron chi connectivity index (χ1n) is 9.54. The molecule has 8 heteroatoms. The van der Waals surface area contributed by atoms with Crippen molar-refractivity contribution in [3.63, 3.8) is 0 Å². The fourth-order valence-electron chi connectivity index (χ4n) is 3.61. The average molecular weight is 422 g/mol. The molecule has 29 heavy (non-hydrogen) atoms. The summed E-state index contributed by atoms with van der Waals surface area (Å²) in [6, 6.07) is 14.0. The van der Waals surface area contributed by atoms with Gasteiger partial charge in [-0.2, -0.15) is 0 Å². The number of hydrogen-bond donors (Lipinski definition) is 2. The van der Waals surface area contributed by atoms with Crippen LogP contribution in [0.15, 0.2) is 48.5 Å². The van der Waals surface area contributed by atoms with Gasteiger partial charge in [0.1, 0.15) is 18.5 Å². The number of benzene rings is 2. The minimum atomic E-state index is -0.262. The van der Waals surface area contributed by atoms with Gasteiger partial charge in [0.2, 0.25) is 5.91 Å². The van der Waals surface area contributed by atoms with Gasteiger partial charge in [-0.25, -0.2) is 4.39 Å². The third-order valence-electron chi connectivity index (χ3n) is 5.03. The number of ether oxygens (including phenoxy) is 2. The predicted octanol–water partition coefficient (Wildman–Crippen LogP) is 2.15. The standard InChI is InChI=1S/C21H24FN3O3.ClH/c22-16-5-3-4-15(10-16)18-12-23-8-9-25(18)13-21(26)24-11-17-14-27-19-6-1-2-7-20(19)28-17;/h1-7,10,17-18,23H,8-9,11-14H2,(H,24,26);1H. The quantitative estimate of drug-likeness (QED) is 0.774. The molecule has 2 aliphatic heterocycles. The monoisotopic (exact) mass is 421 g/mol. The van der Waals surface area contributed by atoms with Crippen LogP contribution in [0.2, 0.25) is 0 Å². The molecule has 1 amide bonds. The molecule has 2 aromatic rings. The van der Waals surface area contributed by atoms with Gasteiger partial charge in [-0.05, 0) is 29.8 Å². The zero-order valence-electron chi connectivity index (χ0n) is 16.0. The highest BCUT2D eigenvalue weighted by Gasteiger charge is 2.26. The van der Waals surface area contributed by atoms with Crippen molar-refractivity contribution in [3.8, 4) is 11.5 Å². The second-order valence-electron chi connectivity index (χ2n) is 7.05. The molecule has 0 aliphatic carbocycles. The highest BCUT2D eigenvalue weighted by atomic mass is 35.5. The summed E-state index contributed by atoms with van der Waals surface area (Å²) in [7, 11) is 0. The van der Waals surface area contributed by atoms with Gasteiger partial charge < -0.3 is 20.1 Å². The number of halogens is 2. The van der Waals surface area contributed by atoms with Gasteiger partial charge in [-0.1, -0.05) is 24.3 Å². The molecule has 2 atom stereocenters. The van der Waals surface area contributed by atoms with E-state index >= 15 is 0 Å². The van der Waals surface area contributed by atoms with E-state index in [2.05, 4.69) is 15.5 Å². The zero-order valence-corrected chi connectivity index (χ0v) is 16.8. The lowest BCUT2D eigenvalue weighted by atomic mass is 10.0. The summed E-state index contributed by atoms with van der Waals surface area (Å²) in [5.74, 6) is 1.08. The molecule has 6 nitrogen and oxygen atoms in total. The van der Waals surface area contributed by atoms with Gasteiger partial charge in [0, 0.05) is 25.7 Å². The number of amides is 1. The van der Waals surface area contributed by atoms with Crippen LogP contribution in [-0.4, -0.2) is 56.2 Å². The molecule has 0 radical (unpaired) electrons. The Morgan fingerprint density at radius 3 is 2.86 bits per heavy atom. The number of carbonyl (C=O) groups is 1. The first-order valence-corrected chi connectivity index (χ1v) is 9.54. The third-order valence-corrected chi connectivity index (χ3v) is 5.03. The van der Waals surface area contributed by atoms with Crippen LogP contribution in [0.1, 0.15) is 11.6 Å². The molecule has 2 aromatic carbocycles. The van der Waals surface area contributed by atoms with Crippen molar-refractivity contribution in [2.24, 2.45) is 0 Å². The van der Waals surface area contributed by atoms with Crippen LogP contribution >= 0.6 is 12.4 Å². The fourth-order valence-corrected chi connectivity index (χ4v) is 3.61. The topological polar surface area (TPSA) is 62.8 Å². The van der Waals surface area contributed by atoms with Crippen molar-refractivity contribution in [2.75, 3.05) is 39.3 Å². The van der Waals surface area contributed by atoms with Crippen molar-refractivity contribution < 1.29 is 18.7 Å². The summed E-state index contributed by atoms with van der Waals surface area (Å²) in [5.41, 5.74) is 0.876. The minimum Gasteiger partial charge on any atom is -0.486 e. The van der Waals surface area contributed by atoms with Crippen molar-refractivity contribution >= 4 is 18.3 Å². The maximum Gasteiger partial charge on any atom is 0.234 e. The lowest BCUT2D eigenvalue weighted by Gasteiger charge is -2.36. The lowest BCUT2D eigenvalue weighted by molar-refractivity contribution is -0.123. The van der Waals surface area contributed by atoms with Gasteiger partial charge in [0.15, 0.2) is 11.5 Å². The molecule has 0 bridgehead atoms. The Hall–Kier alpha value is -2.35. The molecule has 0 saturated carbocycles.